The predicted octanol–water partition coefficient (Wildman–Crippen LogP) is 1.50. The lowest BCUT2D eigenvalue weighted by molar-refractivity contribution is -0.126. The van der Waals surface area contributed by atoms with Gasteiger partial charge in [-0.1, -0.05) is 6.92 Å². The van der Waals surface area contributed by atoms with Gasteiger partial charge in [-0.3, -0.25) is 14.9 Å². The largest absolute Gasteiger partial charge is 0.481 e. The number of nitrogens with one attached hydrogen (secondary N) is 2. The summed E-state index contributed by atoms with van der Waals surface area (Å²) in [5.74, 6) is -0.0442. The molecule has 1 rings (SSSR count). The minimum atomic E-state index is -0.819. The van der Waals surface area contributed by atoms with Crippen molar-refractivity contribution in [3.63, 3.8) is 0 Å². The molecular formula is C14H18N2O4. The van der Waals surface area contributed by atoms with Crippen molar-refractivity contribution in [2.45, 2.75) is 26.4 Å². The summed E-state index contributed by atoms with van der Waals surface area (Å²) in [7, 11) is 1.41. The fraction of sp³-hybridized carbons (Fsp3) is 0.357. The van der Waals surface area contributed by atoms with E-state index < -0.39 is 18.0 Å². The molecule has 0 saturated carbocycles. The molecule has 2 N–H and O–H groups in total. The second-order valence-electron chi connectivity index (χ2n) is 4.13. The first kappa shape index (κ1) is 15.7. The number of rotatable bonds is 5. The van der Waals surface area contributed by atoms with Crippen LogP contribution in [0.5, 0.6) is 5.75 Å². The summed E-state index contributed by atoms with van der Waals surface area (Å²) in [6.07, 6.45) is -0.384. The number of carbonyl (C=O) groups is 3. The Hall–Kier alpha value is -2.37. The van der Waals surface area contributed by atoms with Gasteiger partial charge in [0.05, 0.1) is 0 Å². The van der Waals surface area contributed by atoms with Crippen molar-refractivity contribution in [2.24, 2.45) is 0 Å². The molecule has 0 aliphatic heterocycles. The quantitative estimate of drug-likeness (QED) is 0.799. The number of hydrogen-bond acceptors (Lipinski definition) is 4. The highest BCUT2D eigenvalue weighted by molar-refractivity contribution is 5.96. The number of Topliss-reactive ketones (excluding diaryl/α,β-unsaturated/α-hetero) is 1. The summed E-state index contributed by atoms with van der Waals surface area (Å²) in [5.41, 5.74) is 0.599. The molecule has 3 amide bonds. The molecule has 0 aliphatic rings. The summed E-state index contributed by atoms with van der Waals surface area (Å²) in [6.45, 7) is 3.32. The molecular weight excluding hydrogens is 260 g/mol. The average molecular weight is 278 g/mol. The molecule has 0 bridgehead atoms. The minimum absolute atomic E-state index is 0.0435. The second kappa shape index (κ2) is 7.28. The van der Waals surface area contributed by atoms with Crippen LogP contribution in [-0.2, 0) is 4.79 Å². The number of ether oxygens (including phenoxy) is 1. The van der Waals surface area contributed by atoms with Gasteiger partial charge in [0.15, 0.2) is 11.9 Å². The Morgan fingerprint density at radius 2 is 1.80 bits per heavy atom. The maximum absolute atomic E-state index is 11.6. The topological polar surface area (TPSA) is 84.5 Å². The van der Waals surface area contributed by atoms with Gasteiger partial charge in [0.2, 0.25) is 0 Å². The standard InChI is InChI=1S/C14H18N2O4/c1-4-12(17)10-5-7-11(8-6-10)20-9(2)13(18)16-14(19)15-3/h5-9H,4H2,1-3H3,(H2,15,16,18,19)/t9-/m0/s1. The van der Waals surface area contributed by atoms with Crippen molar-refractivity contribution >= 4 is 17.7 Å². The zero-order valence-electron chi connectivity index (χ0n) is 11.7. The number of urea groups is 1. The van der Waals surface area contributed by atoms with E-state index in [0.29, 0.717) is 17.7 Å². The monoisotopic (exact) mass is 278 g/mol. The van der Waals surface area contributed by atoms with Crippen molar-refractivity contribution in [3.05, 3.63) is 29.8 Å². The van der Waals surface area contributed by atoms with Crippen LogP contribution in [0.15, 0.2) is 24.3 Å². The van der Waals surface area contributed by atoms with Crippen LogP contribution in [0.3, 0.4) is 0 Å². The van der Waals surface area contributed by atoms with Crippen molar-refractivity contribution in [1.82, 2.24) is 10.6 Å². The van der Waals surface area contributed by atoms with Gasteiger partial charge in [-0.25, -0.2) is 4.79 Å². The van der Waals surface area contributed by atoms with Crippen LogP contribution in [0.25, 0.3) is 0 Å². The van der Waals surface area contributed by atoms with E-state index in [9.17, 15) is 14.4 Å². The first-order valence-electron chi connectivity index (χ1n) is 6.30. The number of amides is 3. The van der Waals surface area contributed by atoms with E-state index in [1.54, 1.807) is 31.2 Å². The lowest BCUT2D eigenvalue weighted by Crippen LogP contribution is -2.43. The lowest BCUT2D eigenvalue weighted by atomic mass is 10.1. The Labute approximate surface area is 117 Å². The van der Waals surface area contributed by atoms with Gasteiger partial charge in [0.25, 0.3) is 5.91 Å². The van der Waals surface area contributed by atoms with E-state index in [0.717, 1.165) is 0 Å². The molecule has 0 aromatic heterocycles. The third-order valence-corrected chi connectivity index (χ3v) is 2.64. The minimum Gasteiger partial charge on any atom is -0.481 e. The lowest BCUT2D eigenvalue weighted by Gasteiger charge is -2.14. The van der Waals surface area contributed by atoms with E-state index in [2.05, 4.69) is 10.6 Å². The fourth-order valence-corrected chi connectivity index (χ4v) is 1.46. The summed E-state index contributed by atoms with van der Waals surface area (Å²) in [4.78, 5) is 34.0. The van der Waals surface area contributed by atoms with E-state index in [1.165, 1.54) is 14.0 Å². The molecule has 0 spiro atoms. The van der Waals surface area contributed by atoms with Gasteiger partial charge in [0.1, 0.15) is 5.75 Å². The van der Waals surface area contributed by atoms with E-state index in [-0.39, 0.29) is 5.78 Å². The molecule has 6 heteroatoms. The molecule has 0 saturated heterocycles. The molecule has 0 aliphatic carbocycles. The number of ketones is 1. The first-order valence-corrected chi connectivity index (χ1v) is 6.30. The van der Waals surface area contributed by atoms with Crippen molar-refractivity contribution in [1.29, 1.82) is 0 Å². The second-order valence-corrected chi connectivity index (χ2v) is 4.13. The van der Waals surface area contributed by atoms with E-state index in [1.807, 2.05) is 0 Å². The van der Waals surface area contributed by atoms with Crippen LogP contribution in [0.4, 0.5) is 4.79 Å². The van der Waals surface area contributed by atoms with Gasteiger partial charge >= 0.3 is 6.03 Å². The van der Waals surface area contributed by atoms with E-state index >= 15 is 0 Å². The SMILES string of the molecule is CCC(=O)c1ccc(O[C@@H](C)C(=O)NC(=O)NC)cc1. The Balaban J connectivity index is 2.62. The van der Waals surface area contributed by atoms with Gasteiger partial charge < -0.3 is 10.1 Å². The maximum Gasteiger partial charge on any atom is 0.321 e. The van der Waals surface area contributed by atoms with Gasteiger partial charge in [0, 0.05) is 19.0 Å². The van der Waals surface area contributed by atoms with Gasteiger partial charge in [-0.05, 0) is 31.2 Å². The smallest absolute Gasteiger partial charge is 0.321 e. The summed E-state index contributed by atoms with van der Waals surface area (Å²) < 4.78 is 5.39. The highest BCUT2D eigenvalue weighted by atomic mass is 16.5. The Morgan fingerprint density at radius 3 is 2.30 bits per heavy atom. The van der Waals surface area contributed by atoms with Crippen LogP contribution in [0.2, 0.25) is 0 Å². The molecule has 0 heterocycles. The molecule has 0 unspecified atom stereocenters. The van der Waals surface area contributed by atoms with Crippen LogP contribution in [0, 0.1) is 0 Å². The molecule has 20 heavy (non-hydrogen) atoms. The normalized spacial score (nSPS) is 11.3. The molecule has 1 atom stereocenters. The van der Waals surface area contributed by atoms with Crippen molar-refractivity contribution in [3.8, 4) is 5.75 Å². The molecule has 0 radical (unpaired) electrons. The first-order chi connectivity index (χ1) is 9.47. The predicted molar refractivity (Wildman–Crippen MR) is 73.8 cm³/mol. The van der Waals surface area contributed by atoms with Gasteiger partial charge in [-0.2, -0.15) is 0 Å². The van der Waals surface area contributed by atoms with Crippen LogP contribution in [0.1, 0.15) is 30.6 Å². The molecule has 1 aromatic rings. The molecule has 1 aromatic carbocycles. The zero-order chi connectivity index (χ0) is 15.1. The van der Waals surface area contributed by atoms with Crippen molar-refractivity contribution in [2.75, 3.05) is 7.05 Å². The third-order valence-electron chi connectivity index (χ3n) is 2.64. The summed E-state index contributed by atoms with van der Waals surface area (Å²) >= 11 is 0. The maximum atomic E-state index is 11.6. The highest BCUT2D eigenvalue weighted by Crippen LogP contribution is 2.15. The van der Waals surface area contributed by atoms with Crippen LogP contribution >= 0.6 is 0 Å². The summed E-state index contributed by atoms with van der Waals surface area (Å²) in [5, 5.41) is 4.40. The van der Waals surface area contributed by atoms with Crippen LogP contribution < -0.4 is 15.4 Å². The number of hydrogen-bond donors (Lipinski definition) is 2. The summed E-state index contributed by atoms with van der Waals surface area (Å²) in [6, 6.07) is 5.93. The average Bonchev–Trinajstić information content (AvgIpc) is 2.46. The molecule has 108 valence electrons. The van der Waals surface area contributed by atoms with E-state index in [4.69, 9.17) is 4.74 Å². The fourth-order valence-electron chi connectivity index (χ4n) is 1.46. The Kier molecular flexibility index (Phi) is 5.71. The number of carbonyl (C=O) groups excluding carboxylic acids is 3. The Morgan fingerprint density at radius 1 is 1.20 bits per heavy atom. The molecule has 6 nitrogen and oxygen atoms in total. The number of imide groups is 1. The Bertz CT molecular complexity index is 496. The highest BCUT2D eigenvalue weighted by Gasteiger charge is 2.16. The van der Waals surface area contributed by atoms with Crippen LogP contribution in [-0.4, -0.2) is 30.9 Å². The van der Waals surface area contributed by atoms with Crippen molar-refractivity contribution < 1.29 is 19.1 Å². The third kappa shape index (κ3) is 4.38. The zero-order valence-corrected chi connectivity index (χ0v) is 11.7. The molecule has 0 fully saturated rings. The van der Waals surface area contributed by atoms with Gasteiger partial charge in [-0.15, -0.1) is 0 Å². The number of benzene rings is 1.